The summed E-state index contributed by atoms with van der Waals surface area (Å²) < 4.78 is 40.4. The van der Waals surface area contributed by atoms with E-state index < -0.39 is 50.0 Å². The van der Waals surface area contributed by atoms with Crippen LogP contribution in [0.5, 0.6) is 0 Å². The van der Waals surface area contributed by atoms with Gasteiger partial charge in [0, 0.05) is 24.1 Å². The number of benzene rings is 2. The van der Waals surface area contributed by atoms with Gasteiger partial charge in [-0.3, -0.25) is 10.1 Å². The Morgan fingerprint density at radius 2 is 2.00 bits per heavy atom. The summed E-state index contributed by atoms with van der Waals surface area (Å²) in [6.07, 6.45) is -1.44. The SMILES string of the molecule is CN(C[C@@H](NC(=O)O)c1cc(F)cc(Br)c1)S(=O)(=O)c1ccccc1[N+](=O)[O-]. The average molecular weight is 476 g/mol. The zero-order chi connectivity index (χ0) is 21.1. The standard InChI is InChI=1S/C16H15BrFN3O6S/c1-20(28(26,27)15-5-3-2-4-14(15)21(24)25)9-13(19-16(22)23)10-6-11(17)8-12(18)7-10/h2-8,13,19H,9H2,1H3,(H,22,23)/t13-/m1/s1. The van der Waals surface area contributed by atoms with E-state index >= 15 is 0 Å². The highest BCUT2D eigenvalue weighted by Crippen LogP contribution is 2.28. The van der Waals surface area contributed by atoms with E-state index in [0.717, 1.165) is 35.6 Å². The van der Waals surface area contributed by atoms with Gasteiger partial charge in [0.1, 0.15) is 5.82 Å². The van der Waals surface area contributed by atoms with Gasteiger partial charge in [-0.1, -0.05) is 28.1 Å². The number of hydrogen-bond acceptors (Lipinski definition) is 5. The molecule has 1 atom stereocenters. The van der Waals surface area contributed by atoms with Crippen LogP contribution in [0.2, 0.25) is 0 Å². The van der Waals surface area contributed by atoms with Gasteiger partial charge in [0.15, 0.2) is 4.90 Å². The maximum absolute atomic E-state index is 13.7. The molecule has 0 fully saturated rings. The third kappa shape index (κ3) is 5.03. The average Bonchev–Trinajstić information content (AvgIpc) is 2.59. The lowest BCUT2D eigenvalue weighted by Crippen LogP contribution is -2.38. The van der Waals surface area contributed by atoms with Crippen LogP contribution in [0.25, 0.3) is 0 Å². The van der Waals surface area contributed by atoms with Crippen molar-refractivity contribution in [2.24, 2.45) is 0 Å². The Bertz CT molecular complexity index is 997. The molecule has 28 heavy (non-hydrogen) atoms. The second-order valence-electron chi connectivity index (χ2n) is 5.72. The van der Waals surface area contributed by atoms with Crippen molar-refractivity contribution < 1.29 is 27.6 Å². The van der Waals surface area contributed by atoms with E-state index in [9.17, 15) is 27.7 Å². The number of nitro groups is 1. The highest BCUT2D eigenvalue weighted by Gasteiger charge is 2.31. The molecule has 0 aliphatic rings. The van der Waals surface area contributed by atoms with Gasteiger partial charge < -0.3 is 10.4 Å². The molecule has 0 bridgehead atoms. The number of amides is 1. The van der Waals surface area contributed by atoms with Crippen LogP contribution in [0.1, 0.15) is 11.6 Å². The highest BCUT2D eigenvalue weighted by atomic mass is 79.9. The lowest BCUT2D eigenvalue weighted by molar-refractivity contribution is -0.387. The van der Waals surface area contributed by atoms with Gasteiger partial charge in [0.25, 0.3) is 5.69 Å². The minimum Gasteiger partial charge on any atom is -0.465 e. The van der Waals surface area contributed by atoms with Crippen molar-refractivity contribution in [3.8, 4) is 0 Å². The number of halogens is 2. The summed E-state index contributed by atoms with van der Waals surface area (Å²) in [7, 11) is -3.17. The molecule has 2 rings (SSSR count). The van der Waals surface area contributed by atoms with Crippen molar-refractivity contribution in [2.45, 2.75) is 10.9 Å². The predicted molar refractivity (Wildman–Crippen MR) is 101 cm³/mol. The summed E-state index contributed by atoms with van der Waals surface area (Å²) in [6, 6.07) is 7.36. The first kappa shape index (κ1) is 21.7. The Morgan fingerprint density at radius 3 is 2.57 bits per heavy atom. The number of rotatable bonds is 7. The summed E-state index contributed by atoms with van der Waals surface area (Å²) in [5.41, 5.74) is -0.426. The lowest BCUT2D eigenvalue weighted by Gasteiger charge is -2.24. The van der Waals surface area contributed by atoms with Crippen LogP contribution >= 0.6 is 15.9 Å². The molecule has 0 aliphatic heterocycles. The number of sulfonamides is 1. The minimum atomic E-state index is -4.32. The van der Waals surface area contributed by atoms with E-state index in [4.69, 9.17) is 5.11 Å². The Labute approximate surface area is 168 Å². The Balaban J connectivity index is 2.41. The number of carbonyl (C=O) groups is 1. The number of hydrogen-bond donors (Lipinski definition) is 2. The van der Waals surface area contributed by atoms with Crippen molar-refractivity contribution in [2.75, 3.05) is 13.6 Å². The first-order chi connectivity index (χ1) is 13.0. The van der Waals surface area contributed by atoms with Crippen molar-refractivity contribution in [1.29, 1.82) is 0 Å². The number of para-hydroxylation sites is 1. The van der Waals surface area contributed by atoms with Crippen LogP contribution in [0.4, 0.5) is 14.9 Å². The van der Waals surface area contributed by atoms with E-state index in [0.29, 0.717) is 4.47 Å². The van der Waals surface area contributed by atoms with Gasteiger partial charge in [0.05, 0.1) is 11.0 Å². The fourth-order valence-corrected chi connectivity index (χ4v) is 4.33. The quantitative estimate of drug-likeness (QED) is 0.467. The van der Waals surface area contributed by atoms with Crippen LogP contribution < -0.4 is 5.32 Å². The normalized spacial score (nSPS) is 12.6. The first-order valence-corrected chi connectivity index (χ1v) is 9.91. The van der Waals surface area contributed by atoms with Gasteiger partial charge in [-0.25, -0.2) is 17.6 Å². The molecule has 150 valence electrons. The first-order valence-electron chi connectivity index (χ1n) is 7.67. The second-order valence-corrected chi connectivity index (χ2v) is 8.64. The Morgan fingerprint density at radius 1 is 1.36 bits per heavy atom. The van der Waals surface area contributed by atoms with Crippen molar-refractivity contribution in [3.05, 3.63) is 68.4 Å². The van der Waals surface area contributed by atoms with E-state index in [1.165, 1.54) is 18.2 Å². The molecule has 0 saturated heterocycles. The fourth-order valence-electron chi connectivity index (χ4n) is 2.51. The molecule has 2 aromatic carbocycles. The van der Waals surface area contributed by atoms with Gasteiger partial charge in [-0.05, 0) is 29.8 Å². The molecular formula is C16H15BrFN3O6S. The molecule has 12 heteroatoms. The van der Waals surface area contributed by atoms with Crippen molar-refractivity contribution in [1.82, 2.24) is 9.62 Å². The highest BCUT2D eigenvalue weighted by molar-refractivity contribution is 9.10. The smallest absolute Gasteiger partial charge is 0.405 e. The van der Waals surface area contributed by atoms with E-state index in [1.807, 2.05) is 0 Å². The monoisotopic (exact) mass is 475 g/mol. The van der Waals surface area contributed by atoms with Crippen LogP contribution in [-0.2, 0) is 10.0 Å². The number of nitro benzene ring substituents is 1. The molecular weight excluding hydrogens is 461 g/mol. The van der Waals surface area contributed by atoms with Crippen LogP contribution in [0.15, 0.2) is 51.8 Å². The van der Waals surface area contributed by atoms with Gasteiger partial charge in [0.2, 0.25) is 10.0 Å². The number of nitrogens with one attached hydrogen (secondary N) is 1. The van der Waals surface area contributed by atoms with Crippen LogP contribution in [0, 0.1) is 15.9 Å². The van der Waals surface area contributed by atoms with E-state index in [2.05, 4.69) is 21.2 Å². The molecule has 2 aromatic rings. The van der Waals surface area contributed by atoms with Gasteiger partial charge in [-0.2, -0.15) is 4.31 Å². The molecule has 1 amide bonds. The maximum atomic E-state index is 13.7. The van der Waals surface area contributed by atoms with Gasteiger partial charge >= 0.3 is 6.09 Å². The van der Waals surface area contributed by atoms with E-state index in [-0.39, 0.29) is 5.56 Å². The summed E-state index contributed by atoms with van der Waals surface area (Å²) in [5.74, 6) is -0.647. The molecule has 2 N–H and O–H groups in total. The van der Waals surface area contributed by atoms with Crippen molar-refractivity contribution >= 4 is 37.7 Å². The van der Waals surface area contributed by atoms with Crippen molar-refractivity contribution in [3.63, 3.8) is 0 Å². The summed E-state index contributed by atoms with van der Waals surface area (Å²) in [4.78, 5) is 20.9. The summed E-state index contributed by atoms with van der Waals surface area (Å²) in [5, 5.41) is 22.3. The molecule has 0 aromatic heterocycles. The molecule has 0 unspecified atom stereocenters. The molecule has 0 aliphatic carbocycles. The zero-order valence-corrected chi connectivity index (χ0v) is 16.8. The van der Waals surface area contributed by atoms with E-state index in [1.54, 1.807) is 0 Å². The Kier molecular flexibility index (Phi) is 6.69. The Hall–Kier alpha value is -2.57. The molecule has 0 radical (unpaired) electrons. The third-order valence-corrected chi connectivity index (χ3v) is 6.10. The van der Waals surface area contributed by atoms with Crippen LogP contribution in [-0.4, -0.2) is 42.4 Å². The minimum absolute atomic E-state index is 0.180. The number of likely N-dealkylation sites (N-methyl/N-ethyl adjacent to an activating group) is 1. The van der Waals surface area contributed by atoms with Gasteiger partial charge in [-0.15, -0.1) is 0 Å². The third-order valence-electron chi connectivity index (χ3n) is 3.77. The second kappa shape index (κ2) is 8.63. The lowest BCUT2D eigenvalue weighted by atomic mass is 10.1. The van der Waals surface area contributed by atoms with Crippen LogP contribution in [0.3, 0.4) is 0 Å². The summed E-state index contributed by atoms with van der Waals surface area (Å²) in [6.45, 7) is -0.420. The topological polar surface area (TPSA) is 130 Å². The molecule has 9 nitrogen and oxygen atoms in total. The molecule has 0 saturated carbocycles. The largest absolute Gasteiger partial charge is 0.465 e. The predicted octanol–water partition coefficient (Wildman–Crippen LogP) is 3.13. The number of nitrogens with zero attached hydrogens (tertiary/aromatic N) is 2. The summed E-state index contributed by atoms with van der Waals surface area (Å²) >= 11 is 3.09. The molecule has 0 spiro atoms. The number of carboxylic acid groups (broad SMARTS) is 1. The zero-order valence-electron chi connectivity index (χ0n) is 14.4. The molecule has 0 heterocycles. The fraction of sp³-hybridized carbons (Fsp3) is 0.188. The maximum Gasteiger partial charge on any atom is 0.405 e.